The molecule has 0 N–H and O–H groups in total. The highest BCUT2D eigenvalue weighted by atomic mass is 16.5. The van der Waals surface area contributed by atoms with Gasteiger partial charge in [-0.3, -0.25) is 4.99 Å². The molecule has 0 saturated carbocycles. The molecule has 0 aliphatic carbocycles. The molecule has 2 nitrogen and oxygen atoms in total. The number of hydrogen-bond donors (Lipinski definition) is 0. The van der Waals surface area contributed by atoms with Crippen molar-refractivity contribution in [1.29, 1.82) is 0 Å². The van der Waals surface area contributed by atoms with Gasteiger partial charge in [0.15, 0.2) is 0 Å². The summed E-state index contributed by atoms with van der Waals surface area (Å²) < 4.78 is 5.07. The molecule has 1 aromatic carbocycles. The molecule has 0 saturated heterocycles. The van der Waals surface area contributed by atoms with E-state index >= 15 is 0 Å². The van der Waals surface area contributed by atoms with Crippen LogP contribution in [0.4, 0.5) is 5.69 Å². The van der Waals surface area contributed by atoms with E-state index in [1.165, 1.54) is 19.3 Å². The molecule has 0 aliphatic rings. The third-order valence-electron chi connectivity index (χ3n) is 2.25. The van der Waals surface area contributed by atoms with Crippen molar-refractivity contribution in [2.45, 2.75) is 32.6 Å². The van der Waals surface area contributed by atoms with Crippen molar-refractivity contribution in [2.75, 3.05) is 7.11 Å². The molecule has 15 heavy (non-hydrogen) atoms. The Labute approximate surface area is 92.0 Å². The predicted octanol–water partition coefficient (Wildman–Crippen LogP) is 3.98. The standard InChI is InChI=1S/C13H19NO/c1-3-4-5-6-11-14-12-7-9-13(15-2)10-8-12/h7-11H,3-6H2,1-2H3. The van der Waals surface area contributed by atoms with E-state index in [1.807, 2.05) is 30.5 Å². The van der Waals surface area contributed by atoms with Crippen molar-refractivity contribution >= 4 is 11.9 Å². The van der Waals surface area contributed by atoms with Gasteiger partial charge in [-0.2, -0.15) is 0 Å². The van der Waals surface area contributed by atoms with Gasteiger partial charge in [-0.15, -0.1) is 0 Å². The maximum absolute atomic E-state index is 5.07. The van der Waals surface area contributed by atoms with E-state index in [4.69, 9.17) is 4.74 Å². The number of nitrogens with zero attached hydrogens (tertiary/aromatic N) is 1. The zero-order valence-corrected chi connectivity index (χ0v) is 9.57. The van der Waals surface area contributed by atoms with Crippen LogP contribution < -0.4 is 4.74 Å². The fourth-order valence-electron chi connectivity index (χ4n) is 1.32. The Morgan fingerprint density at radius 2 is 1.93 bits per heavy atom. The quantitative estimate of drug-likeness (QED) is 0.508. The lowest BCUT2D eigenvalue weighted by atomic mass is 10.2. The van der Waals surface area contributed by atoms with Gasteiger partial charge < -0.3 is 4.74 Å². The minimum absolute atomic E-state index is 0.875. The molecule has 0 spiro atoms. The molecule has 0 amide bonds. The number of aliphatic imine (C=N–C) groups is 1. The number of rotatable bonds is 6. The lowest BCUT2D eigenvalue weighted by Crippen LogP contribution is -1.80. The average Bonchev–Trinajstić information content (AvgIpc) is 2.30. The smallest absolute Gasteiger partial charge is 0.119 e. The topological polar surface area (TPSA) is 21.6 Å². The fraction of sp³-hybridized carbons (Fsp3) is 0.462. The van der Waals surface area contributed by atoms with Crippen LogP contribution in [0, 0.1) is 0 Å². The molecule has 0 fully saturated rings. The number of benzene rings is 1. The van der Waals surface area contributed by atoms with Crippen LogP contribution in [0.3, 0.4) is 0 Å². The van der Waals surface area contributed by atoms with Crippen LogP contribution in [-0.4, -0.2) is 13.3 Å². The zero-order valence-electron chi connectivity index (χ0n) is 9.57. The number of unbranched alkanes of at least 4 members (excludes halogenated alkanes) is 3. The van der Waals surface area contributed by atoms with Crippen LogP contribution in [0.15, 0.2) is 29.3 Å². The lowest BCUT2D eigenvalue weighted by Gasteiger charge is -1.98. The fourth-order valence-corrected chi connectivity index (χ4v) is 1.32. The average molecular weight is 205 g/mol. The highest BCUT2D eigenvalue weighted by Crippen LogP contribution is 2.17. The van der Waals surface area contributed by atoms with E-state index in [2.05, 4.69) is 11.9 Å². The Kier molecular flexibility index (Phi) is 5.52. The first-order valence-corrected chi connectivity index (χ1v) is 5.53. The Morgan fingerprint density at radius 1 is 1.20 bits per heavy atom. The summed E-state index contributed by atoms with van der Waals surface area (Å²) in [6, 6.07) is 7.79. The van der Waals surface area contributed by atoms with Gasteiger partial charge in [-0.05, 0) is 37.1 Å². The molecule has 2 heteroatoms. The first-order valence-electron chi connectivity index (χ1n) is 5.53. The summed E-state index contributed by atoms with van der Waals surface area (Å²) >= 11 is 0. The Hall–Kier alpha value is -1.31. The summed E-state index contributed by atoms with van der Waals surface area (Å²) in [7, 11) is 1.67. The normalized spacial score (nSPS) is 10.8. The summed E-state index contributed by atoms with van der Waals surface area (Å²) in [6.45, 7) is 2.21. The van der Waals surface area contributed by atoms with Gasteiger partial charge in [0.2, 0.25) is 0 Å². The summed E-state index contributed by atoms with van der Waals surface area (Å²) in [4.78, 5) is 4.37. The van der Waals surface area contributed by atoms with E-state index in [9.17, 15) is 0 Å². The van der Waals surface area contributed by atoms with Gasteiger partial charge in [0.25, 0.3) is 0 Å². The lowest BCUT2D eigenvalue weighted by molar-refractivity contribution is 0.415. The molecule has 0 radical (unpaired) electrons. The summed E-state index contributed by atoms with van der Waals surface area (Å²) in [5.74, 6) is 0.875. The highest BCUT2D eigenvalue weighted by Gasteiger charge is 1.90. The van der Waals surface area contributed by atoms with Crippen molar-refractivity contribution in [2.24, 2.45) is 4.99 Å². The first-order chi connectivity index (χ1) is 7.36. The van der Waals surface area contributed by atoms with Crippen molar-refractivity contribution in [3.63, 3.8) is 0 Å². The molecule has 1 aromatic rings. The minimum Gasteiger partial charge on any atom is -0.497 e. The second kappa shape index (κ2) is 7.04. The van der Waals surface area contributed by atoms with Crippen LogP contribution in [0.25, 0.3) is 0 Å². The van der Waals surface area contributed by atoms with E-state index in [-0.39, 0.29) is 0 Å². The van der Waals surface area contributed by atoms with Crippen molar-refractivity contribution in [1.82, 2.24) is 0 Å². The third-order valence-corrected chi connectivity index (χ3v) is 2.25. The van der Waals surface area contributed by atoms with Gasteiger partial charge in [0.1, 0.15) is 5.75 Å². The predicted molar refractivity (Wildman–Crippen MR) is 65.3 cm³/mol. The molecule has 0 heterocycles. The molecule has 0 atom stereocenters. The van der Waals surface area contributed by atoms with Crippen LogP contribution in [0.2, 0.25) is 0 Å². The second-order valence-electron chi connectivity index (χ2n) is 3.51. The van der Waals surface area contributed by atoms with Gasteiger partial charge >= 0.3 is 0 Å². The van der Waals surface area contributed by atoms with Gasteiger partial charge in [-0.1, -0.05) is 19.8 Å². The van der Waals surface area contributed by atoms with Gasteiger partial charge in [0, 0.05) is 6.21 Å². The van der Waals surface area contributed by atoms with Crippen LogP contribution in [0.1, 0.15) is 32.6 Å². The first kappa shape index (κ1) is 11.8. The zero-order chi connectivity index (χ0) is 10.9. The highest BCUT2D eigenvalue weighted by molar-refractivity contribution is 5.63. The second-order valence-corrected chi connectivity index (χ2v) is 3.51. The Morgan fingerprint density at radius 3 is 2.53 bits per heavy atom. The van der Waals surface area contributed by atoms with Crippen LogP contribution in [-0.2, 0) is 0 Å². The molecule has 0 aromatic heterocycles. The SMILES string of the molecule is CCCCCC=Nc1ccc(OC)cc1. The van der Waals surface area contributed by atoms with Crippen molar-refractivity contribution in [3.8, 4) is 5.75 Å². The molecular weight excluding hydrogens is 186 g/mol. The van der Waals surface area contributed by atoms with Crippen LogP contribution in [0.5, 0.6) is 5.75 Å². The van der Waals surface area contributed by atoms with E-state index in [0.717, 1.165) is 17.9 Å². The van der Waals surface area contributed by atoms with Crippen molar-refractivity contribution < 1.29 is 4.74 Å². The number of hydrogen-bond acceptors (Lipinski definition) is 2. The third kappa shape index (κ3) is 4.63. The monoisotopic (exact) mass is 205 g/mol. The molecule has 82 valence electrons. The maximum Gasteiger partial charge on any atom is 0.119 e. The Bertz CT molecular complexity index is 290. The molecule has 1 rings (SSSR count). The summed E-state index contributed by atoms with van der Waals surface area (Å²) in [6.07, 6.45) is 6.85. The molecule has 0 unspecified atom stereocenters. The minimum atomic E-state index is 0.875. The molecular formula is C13H19NO. The number of methoxy groups -OCH3 is 1. The molecule has 0 bridgehead atoms. The van der Waals surface area contributed by atoms with E-state index < -0.39 is 0 Å². The van der Waals surface area contributed by atoms with Gasteiger partial charge in [-0.25, -0.2) is 0 Å². The largest absolute Gasteiger partial charge is 0.497 e. The summed E-state index contributed by atoms with van der Waals surface area (Å²) in [5.41, 5.74) is 0.993. The van der Waals surface area contributed by atoms with Crippen molar-refractivity contribution in [3.05, 3.63) is 24.3 Å². The summed E-state index contributed by atoms with van der Waals surface area (Å²) in [5, 5.41) is 0. The number of ether oxygens (including phenoxy) is 1. The van der Waals surface area contributed by atoms with E-state index in [0.29, 0.717) is 0 Å². The molecule has 0 aliphatic heterocycles. The van der Waals surface area contributed by atoms with Gasteiger partial charge in [0.05, 0.1) is 12.8 Å². The Balaban J connectivity index is 2.36. The maximum atomic E-state index is 5.07. The van der Waals surface area contributed by atoms with E-state index in [1.54, 1.807) is 7.11 Å². The van der Waals surface area contributed by atoms with Crippen LogP contribution >= 0.6 is 0 Å².